The summed E-state index contributed by atoms with van der Waals surface area (Å²) in [4.78, 5) is 37.8. The van der Waals surface area contributed by atoms with Crippen LogP contribution in [0.5, 0.6) is 0 Å². The van der Waals surface area contributed by atoms with E-state index in [9.17, 15) is 14.4 Å². The second kappa shape index (κ2) is 7.59. The number of benzene rings is 1. The van der Waals surface area contributed by atoms with Gasteiger partial charge in [-0.3, -0.25) is 19.5 Å². The number of amides is 1. The SMILES string of the molecule is Cc1ccc(-n2[nH]c(C(=O)N3CCCCC3CCC(=O)O)cc2=O)cc1. The van der Waals surface area contributed by atoms with Gasteiger partial charge in [0.05, 0.1) is 5.69 Å². The lowest BCUT2D eigenvalue weighted by molar-refractivity contribution is -0.137. The van der Waals surface area contributed by atoms with Gasteiger partial charge < -0.3 is 10.0 Å². The molecule has 1 unspecified atom stereocenters. The lowest BCUT2D eigenvalue weighted by atomic mass is 9.97. The van der Waals surface area contributed by atoms with E-state index in [-0.39, 0.29) is 29.6 Å². The molecule has 1 aliphatic rings. The van der Waals surface area contributed by atoms with Gasteiger partial charge in [0.1, 0.15) is 5.69 Å². The van der Waals surface area contributed by atoms with E-state index in [0.29, 0.717) is 18.7 Å². The summed E-state index contributed by atoms with van der Waals surface area (Å²) >= 11 is 0. The smallest absolute Gasteiger partial charge is 0.303 e. The predicted octanol–water partition coefficient (Wildman–Crippen LogP) is 2.33. The molecule has 0 aliphatic carbocycles. The Kier molecular flexibility index (Phi) is 5.25. The molecule has 2 aromatic rings. The summed E-state index contributed by atoms with van der Waals surface area (Å²) in [6.07, 6.45) is 3.13. The highest BCUT2D eigenvalue weighted by Gasteiger charge is 2.29. The van der Waals surface area contributed by atoms with Crippen molar-refractivity contribution in [1.29, 1.82) is 0 Å². The Morgan fingerprint density at radius 3 is 2.65 bits per heavy atom. The molecule has 1 saturated heterocycles. The Morgan fingerprint density at radius 2 is 1.96 bits per heavy atom. The third-order valence-corrected chi connectivity index (χ3v) is 4.82. The maximum atomic E-state index is 12.9. The molecule has 1 aromatic carbocycles. The Bertz CT molecular complexity index is 850. The Labute approximate surface area is 151 Å². The van der Waals surface area contributed by atoms with Gasteiger partial charge in [0.25, 0.3) is 11.5 Å². The van der Waals surface area contributed by atoms with E-state index in [2.05, 4.69) is 5.10 Å². The highest BCUT2D eigenvalue weighted by Crippen LogP contribution is 2.22. The lowest BCUT2D eigenvalue weighted by Gasteiger charge is -2.35. The molecular weight excluding hydrogens is 334 g/mol. The molecule has 0 spiro atoms. The highest BCUT2D eigenvalue weighted by atomic mass is 16.4. The van der Waals surface area contributed by atoms with Crippen LogP contribution in [0.1, 0.15) is 48.2 Å². The van der Waals surface area contributed by atoms with E-state index in [1.165, 1.54) is 10.7 Å². The topological polar surface area (TPSA) is 95.4 Å². The molecule has 7 nitrogen and oxygen atoms in total. The summed E-state index contributed by atoms with van der Waals surface area (Å²) in [6.45, 7) is 2.55. The number of piperidine rings is 1. The van der Waals surface area contributed by atoms with Crippen LogP contribution >= 0.6 is 0 Å². The molecular formula is C19H23N3O4. The molecule has 1 amide bonds. The Morgan fingerprint density at radius 1 is 1.23 bits per heavy atom. The van der Waals surface area contributed by atoms with Gasteiger partial charge in [0.15, 0.2) is 0 Å². The Hall–Kier alpha value is -2.83. The van der Waals surface area contributed by atoms with Gasteiger partial charge in [0.2, 0.25) is 0 Å². The van der Waals surface area contributed by atoms with Gasteiger partial charge in [-0.25, -0.2) is 4.68 Å². The minimum absolute atomic E-state index is 0.0370. The number of hydrogen-bond acceptors (Lipinski definition) is 3. The number of carboxylic acids is 1. The molecule has 0 saturated carbocycles. The molecule has 0 radical (unpaired) electrons. The van der Waals surface area contributed by atoms with Crippen LogP contribution in [0.15, 0.2) is 35.1 Å². The number of aryl methyl sites for hydroxylation is 1. The highest BCUT2D eigenvalue weighted by molar-refractivity contribution is 5.92. The van der Waals surface area contributed by atoms with E-state index in [1.807, 2.05) is 31.2 Å². The maximum absolute atomic E-state index is 12.9. The predicted molar refractivity (Wildman–Crippen MR) is 96.7 cm³/mol. The number of nitrogens with one attached hydrogen (secondary N) is 1. The zero-order valence-electron chi connectivity index (χ0n) is 14.8. The fraction of sp³-hybridized carbons (Fsp3) is 0.421. The summed E-state index contributed by atoms with van der Waals surface area (Å²) in [5.41, 5.74) is 1.69. The van der Waals surface area contributed by atoms with Crippen LogP contribution in [0.3, 0.4) is 0 Å². The first kappa shape index (κ1) is 18.0. The molecule has 7 heteroatoms. The molecule has 1 aliphatic heterocycles. The van der Waals surface area contributed by atoms with Crippen LogP contribution in [0, 0.1) is 6.92 Å². The van der Waals surface area contributed by atoms with Crippen LogP contribution < -0.4 is 5.56 Å². The zero-order chi connectivity index (χ0) is 18.7. The molecule has 3 rings (SSSR count). The van der Waals surface area contributed by atoms with Crippen molar-refractivity contribution >= 4 is 11.9 Å². The number of carbonyl (C=O) groups is 2. The maximum Gasteiger partial charge on any atom is 0.303 e. The van der Waals surface area contributed by atoms with Gasteiger partial charge in [-0.15, -0.1) is 0 Å². The van der Waals surface area contributed by atoms with Gasteiger partial charge in [-0.05, 0) is 44.7 Å². The van der Waals surface area contributed by atoms with E-state index >= 15 is 0 Å². The van der Waals surface area contributed by atoms with Crippen LogP contribution in [0.4, 0.5) is 0 Å². The Balaban J connectivity index is 1.82. The standard InChI is InChI=1S/C19H23N3O4/c1-13-5-7-15(8-6-13)22-17(23)12-16(20-22)19(26)21-11-3-2-4-14(21)9-10-18(24)25/h5-8,12,14,20H,2-4,9-11H2,1H3,(H,24,25). The third kappa shape index (κ3) is 3.87. The molecule has 1 aromatic heterocycles. The number of carboxylic acid groups (broad SMARTS) is 1. The first-order valence-electron chi connectivity index (χ1n) is 8.87. The number of aromatic nitrogens is 2. The van der Waals surface area contributed by atoms with Crippen LogP contribution in [0.2, 0.25) is 0 Å². The van der Waals surface area contributed by atoms with Crippen LogP contribution in [-0.4, -0.2) is 44.3 Å². The summed E-state index contributed by atoms with van der Waals surface area (Å²) in [5, 5.41) is 11.8. The number of hydrogen-bond donors (Lipinski definition) is 2. The van der Waals surface area contributed by atoms with Gasteiger partial charge in [0, 0.05) is 25.1 Å². The number of carbonyl (C=O) groups excluding carboxylic acids is 1. The number of likely N-dealkylation sites (tertiary alicyclic amines) is 1. The minimum Gasteiger partial charge on any atom is -0.481 e. The van der Waals surface area contributed by atoms with Gasteiger partial charge >= 0.3 is 5.97 Å². The average molecular weight is 357 g/mol. The summed E-state index contributed by atoms with van der Waals surface area (Å²) in [7, 11) is 0. The van der Waals surface area contributed by atoms with E-state index in [0.717, 1.165) is 24.8 Å². The first-order valence-corrected chi connectivity index (χ1v) is 8.87. The minimum atomic E-state index is -0.859. The van der Waals surface area contributed by atoms with Crippen molar-refractivity contribution in [3.05, 3.63) is 51.9 Å². The molecule has 1 atom stereocenters. The molecule has 2 N–H and O–H groups in total. The van der Waals surface area contributed by atoms with Crippen LogP contribution in [-0.2, 0) is 4.79 Å². The van der Waals surface area contributed by atoms with Crippen molar-refractivity contribution in [1.82, 2.24) is 14.7 Å². The number of rotatable bonds is 5. The normalized spacial score (nSPS) is 17.3. The van der Waals surface area contributed by atoms with E-state index < -0.39 is 5.97 Å². The van der Waals surface area contributed by atoms with E-state index in [1.54, 1.807) is 4.90 Å². The van der Waals surface area contributed by atoms with Crippen molar-refractivity contribution in [3.63, 3.8) is 0 Å². The van der Waals surface area contributed by atoms with Crippen molar-refractivity contribution < 1.29 is 14.7 Å². The quantitative estimate of drug-likeness (QED) is 0.858. The first-order chi connectivity index (χ1) is 12.5. The zero-order valence-corrected chi connectivity index (χ0v) is 14.8. The number of aromatic amines is 1. The van der Waals surface area contributed by atoms with Gasteiger partial charge in [-0.1, -0.05) is 17.7 Å². The summed E-state index contributed by atoms with van der Waals surface area (Å²) in [5.74, 6) is -1.11. The lowest BCUT2D eigenvalue weighted by Crippen LogP contribution is -2.44. The fourth-order valence-corrected chi connectivity index (χ4v) is 3.40. The summed E-state index contributed by atoms with van der Waals surface area (Å²) in [6, 6.07) is 8.65. The third-order valence-electron chi connectivity index (χ3n) is 4.82. The molecule has 1 fully saturated rings. The molecule has 0 bridgehead atoms. The largest absolute Gasteiger partial charge is 0.481 e. The average Bonchev–Trinajstić information content (AvgIpc) is 3.02. The molecule has 138 valence electrons. The number of nitrogens with zero attached hydrogens (tertiary/aromatic N) is 2. The monoisotopic (exact) mass is 357 g/mol. The number of aliphatic carboxylic acids is 1. The second-order valence-electron chi connectivity index (χ2n) is 6.76. The second-order valence-corrected chi connectivity index (χ2v) is 6.76. The van der Waals surface area contributed by atoms with E-state index in [4.69, 9.17) is 5.11 Å². The van der Waals surface area contributed by atoms with Crippen molar-refractivity contribution in [2.75, 3.05) is 6.54 Å². The van der Waals surface area contributed by atoms with Gasteiger partial charge in [-0.2, -0.15) is 0 Å². The summed E-state index contributed by atoms with van der Waals surface area (Å²) < 4.78 is 1.35. The molecule has 2 heterocycles. The number of H-pyrrole nitrogens is 1. The van der Waals surface area contributed by atoms with Crippen LogP contribution in [0.25, 0.3) is 5.69 Å². The van der Waals surface area contributed by atoms with Crippen molar-refractivity contribution in [3.8, 4) is 5.69 Å². The van der Waals surface area contributed by atoms with Crippen molar-refractivity contribution in [2.45, 2.75) is 45.1 Å². The molecule has 26 heavy (non-hydrogen) atoms. The van der Waals surface area contributed by atoms with Crippen molar-refractivity contribution in [2.24, 2.45) is 0 Å². The fourth-order valence-electron chi connectivity index (χ4n) is 3.40.